The second-order valence-electron chi connectivity index (χ2n) is 5.52. The van der Waals surface area contributed by atoms with E-state index in [9.17, 15) is 0 Å². The molecule has 0 aliphatic heterocycles. The Bertz CT molecular complexity index is 235. The van der Waals surface area contributed by atoms with Gasteiger partial charge in [-0.2, -0.15) is 0 Å². The molecule has 0 heterocycles. The summed E-state index contributed by atoms with van der Waals surface area (Å²) >= 11 is 0. The lowest BCUT2D eigenvalue weighted by Gasteiger charge is -2.30. The molecule has 1 aliphatic carbocycles. The Labute approximate surface area is 105 Å². The van der Waals surface area contributed by atoms with Crippen molar-refractivity contribution >= 4 is 5.84 Å². The van der Waals surface area contributed by atoms with Crippen molar-refractivity contribution in [1.29, 1.82) is 0 Å². The quantitative estimate of drug-likeness (QED) is 0.311. The first kappa shape index (κ1) is 14.3. The molecular weight excluding hydrogens is 214 g/mol. The molecule has 0 atom stereocenters. The lowest BCUT2D eigenvalue weighted by Crippen LogP contribution is -2.37. The topological polar surface area (TPSA) is 61.8 Å². The van der Waals surface area contributed by atoms with Gasteiger partial charge in [0.2, 0.25) is 0 Å². The molecule has 1 saturated carbocycles. The van der Waals surface area contributed by atoms with E-state index in [1.807, 2.05) is 0 Å². The molecule has 100 valence electrons. The van der Waals surface area contributed by atoms with Crippen molar-refractivity contribution in [3.63, 3.8) is 0 Å². The average molecular weight is 241 g/mol. The van der Waals surface area contributed by atoms with Crippen molar-refractivity contribution in [2.75, 3.05) is 13.1 Å². The predicted octanol–water partition coefficient (Wildman–Crippen LogP) is 2.41. The molecule has 0 unspecified atom stereocenters. The van der Waals surface area contributed by atoms with Crippen LogP contribution in [0, 0.1) is 5.92 Å². The van der Waals surface area contributed by atoms with Crippen molar-refractivity contribution < 1.29 is 5.21 Å². The van der Waals surface area contributed by atoms with E-state index in [2.05, 4.69) is 23.9 Å². The summed E-state index contributed by atoms with van der Waals surface area (Å²) in [5.74, 6) is 1.06. The zero-order valence-electron chi connectivity index (χ0n) is 11.2. The van der Waals surface area contributed by atoms with Gasteiger partial charge in [0.25, 0.3) is 0 Å². The highest BCUT2D eigenvalue weighted by atomic mass is 16.4. The molecule has 0 amide bonds. The van der Waals surface area contributed by atoms with Crippen molar-refractivity contribution in [1.82, 2.24) is 4.90 Å². The Hall–Kier alpha value is -0.770. The van der Waals surface area contributed by atoms with Crippen LogP contribution in [0.3, 0.4) is 0 Å². The molecular formula is C13H27N3O. The fourth-order valence-electron chi connectivity index (χ4n) is 2.67. The van der Waals surface area contributed by atoms with Crippen LogP contribution in [0.2, 0.25) is 0 Å². The SMILES string of the molecule is CC(C)CN(CCCC(N)=NO)C1CCCC1. The highest BCUT2D eigenvalue weighted by Crippen LogP contribution is 2.24. The van der Waals surface area contributed by atoms with E-state index < -0.39 is 0 Å². The van der Waals surface area contributed by atoms with Crippen LogP contribution in [-0.2, 0) is 0 Å². The van der Waals surface area contributed by atoms with Gasteiger partial charge in [0.05, 0.1) is 0 Å². The summed E-state index contributed by atoms with van der Waals surface area (Å²) in [7, 11) is 0. The number of hydrogen-bond donors (Lipinski definition) is 2. The van der Waals surface area contributed by atoms with Gasteiger partial charge in [0, 0.05) is 19.0 Å². The van der Waals surface area contributed by atoms with E-state index >= 15 is 0 Å². The third kappa shape index (κ3) is 5.39. The molecule has 0 aromatic rings. The molecule has 0 aromatic carbocycles. The normalized spacial score (nSPS) is 18.5. The first-order valence-electron chi connectivity index (χ1n) is 6.84. The number of rotatable bonds is 7. The first-order chi connectivity index (χ1) is 8.13. The van der Waals surface area contributed by atoms with Gasteiger partial charge in [-0.05, 0) is 31.7 Å². The van der Waals surface area contributed by atoms with Crippen molar-refractivity contribution in [3.8, 4) is 0 Å². The lowest BCUT2D eigenvalue weighted by atomic mass is 10.1. The second-order valence-corrected chi connectivity index (χ2v) is 5.52. The molecule has 0 spiro atoms. The molecule has 0 aromatic heterocycles. The Kier molecular flexibility index (Phi) is 6.34. The molecule has 3 N–H and O–H groups in total. The van der Waals surface area contributed by atoms with E-state index in [0.29, 0.717) is 18.2 Å². The molecule has 1 fully saturated rings. The van der Waals surface area contributed by atoms with Gasteiger partial charge in [-0.15, -0.1) is 0 Å². The maximum atomic E-state index is 8.51. The summed E-state index contributed by atoms with van der Waals surface area (Å²) < 4.78 is 0. The molecule has 0 radical (unpaired) electrons. The van der Waals surface area contributed by atoms with E-state index in [0.717, 1.165) is 19.0 Å². The van der Waals surface area contributed by atoms with E-state index in [4.69, 9.17) is 10.9 Å². The van der Waals surface area contributed by atoms with Crippen LogP contribution in [0.25, 0.3) is 0 Å². The van der Waals surface area contributed by atoms with E-state index in [-0.39, 0.29) is 0 Å². The summed E-state index contributed by atoms with van der Waals surface area (Å²) in [4.78, 5) is 2.60. The fraction of sp³-hybridized carbons (Fsp3) is 0.923. The van der Waals surface area contributed by atoms with Gasteiger partial charge >= 0.3 is 0 Å². The molecule has 4 nitrogen and oxygen atoms in total. The van der Waals surface area contributed by atoms with Gasteiger partial charge in [-0.3, -0.25) is 0 Å². The van der Waals surface area contributed by atoms with Crippen LogP contribution in [0.4, 0.5) is 0 Å². The first-order valence-corrected chi connectivity index (χ1v) is 6.84. The summed E-state index contributed by atoms with van der Waals surface area (Å²) in [5, 5.41) is 11.5. The van der Waals surface area contributed by atoms with Crippen LogP contribution in [0.15, 0.2) is 5.16 Å². The van der Waals surface area contributed by atoms with Gasteiger partial charge < -0.3 is 15.8 Å². The predicted molar refractivity (Wildman–Crippen MR) is 71.3 cm³/mol. The average Bonchev–Trinajstić information content (AvgIpc) is 2.80. The fourth-order valence-corrected chi connectivity index (χ4v) is 2.67. The zero-order chi connectivity index (χ0) is 12.7. The minimum atomic E-state index is 0.348. The Morgan fingerprint density at radius 1 is 1.41 bits per heavy atom. The number of nitrogens with zero attached hydrogens (tertiary/aromatic N) is 2. The maximum absolute atomic E-state index is 8.51. The number of oxime groups is 1. The summed E-state index contributed by atoms with van der Waals surface area (Å²) in [6.07, 6.45) is 7.11. The number of nitrogens with two attached hydrogens (primary N) is 1. The molecule has 0 saturated heterocycles. The standard InChI is InChI=1S/C13H27N3O/c1-11(2)10-16(12-6-3-4-7-12)9-5-8-13(14)15-17/h11-12,17H,3-10H2,1-2H3,(H2,14,15). The highest BCUT2D eigenvalue weighted by molar-refractivity contribution is 5.79. The Balaban J connectivity index is 2.34. The van der Waals surface area contributed by atoms with Gasteiger partial charge in [-0.1, -0.05) is 31.8 Å². The maximum Gasteiger partial charge on any atom is 0.139 e. The molecule has 1 aliphatic rings. The third-order valence-electron chi connectivity index (χ3n) is 3.45. The van der Waals surface area contributed by atoms with Gasteiger partial charge in [0.1, 0.15) is 5.84 Å². The summed E-state index contributed by atoms with van der Waals surface area (Å²) in [5.41, 5.74) is 5.50. The van der Waals surface area contributed by atoms with Crippen LogP contribution < -0.4 is 5.73 Å². The Morgan fingerprint density at radius 2 is 2.06 bits per heavy atom. The highest BCUT2D eigenvalue weighted by Gasteiger charge is 2.22. The monoisotopic (exact) mass is 241 g/mol. The Morgan fingerprint density at radius 3 is 2.59 bits per heavy atom. The third-order valence-corrected chi connectivity index (χ3v) is 3.45. The van der Waals surface area contributed by atoms with Crippen LogP contribution >= 0.6 is 0 Å². The molecule has 17 heavy (non-hydrogen) atoms. The number of hydrogen-bond acceptors (Lipinski definition) is 3. The van der Waals surface area contributed by atoms with E-state index in [1.54, 1.807) is 0 Å². The second kappa shape index (κ2) is 7.54. The zero-order valence-corrected chi connectivity index (χ0v) is 11.2. The van der Waals surface area contributed by atoms with Crippen molar-refractivity contribution in [2.24, 2.45) is 16.8 Å². The van der Waals surface area contributed by atoms with Crippen LogP contribution in [-0.4, -0.2) is 35.1 Å². The van der Waals surface area contributed by atoms with Gasteiger partial charge in [0.15, 0.2) is 0 Å². The molecule has 4 heteroatoms. The summed E-state index contributed by atoms with van der Waals surface area (Å²) in [6.45, 7) is 6.77. The van der Waals surface area contributed by atoms with Gasteiger partial charge in [-0.25, -0.2) is 0 Å². The minimum absolute atomic E-state index is 0.348. The van der Waals surface area contributed by atoms with Crippen molar-refractivity contribution in [2.45, 2.75) is 58.4 Å². The van der Waals surface area contributed by atoms with Crippen LogP contribution in [0.5, 0.6) is 0 Å². The lowest BCUT2D eigenvalue weighted by molar-refractivity contribution is 0.176. The molecule has 0 bridgehead atoms. The van der Waals surface area contributed by atoms with Crippen LogP contribution in [0.1, 0.15) is 52.4 Å². The van der Waals surface area contributed by atoms with Crippen molar-refractivity contribution in [3.05, 3.63) is 0 Å². The molecule has 1 rings (SSSR count). The summed E-state index contributed by atoms with van der Waals surface area (Å²) in [6, 6.07) is 0.768. The number of amidine groups is 1. The largest absolute Gasteiger partial charge is 0.409 e. The van der Waals surface area contributed by atoms with E-state index in [1.165, 1.54) is 32.2 Å². The minimum Gasteiger partial charge on any atom is -0.409 e. The smallest absolute Gasteiger partial charge is 0.139 e.